The first-order valence-corrected chi connectivity index (χ1v) is 11.9. The van der Waals surface area contributed by atoms with Crippen LogP contribution in [0.15, 0.2) is 36.4 Å². The molecule has 0 aromatic heterocycles. The molecule has 4 heteroatoms. The zero-order valence-electron chi connectivity index (χ0n) is 18.5. The third kappa shape index (κ3) is 8.23. The molecule has 1 unspecified atom stereocenters. The minimum Gasteiger partial charge on any atom is -0.478 e. The summed E-state index contributed by atoms with van der Waals surface area (Å²) in [6.45, 7) is 2.18. The maximum absolute atomic E-state index is 11.5. The van der Waals surface area contributed by atoms with Crippen molar-refractivity contribution in [1.29, 1.82) is 0 Å². The number of allylic oxidation sites excluding steroid dienone is 1. The maximum atomic E-state index is 11.5. The molecule has 1 fully saturated rings. The van der Waals surface area contributed by atoms with Gasteiger partial charge in [-0.3, -0.25) is 0 Å². The summed E-state index contributed by atoms with van der Waals surface area (Å²) in [5.41, 5.74) is 1.11. The highest BCUT2D eigenvalue weighted by Crippen LogP contribution is 2.39. The largest absolute Gasteiger partial charge is 0.478 e. The molecule has 30 heavy (non-hydrogen) atoms. The number of aliphatic carboxylic acids is 1. The summed E-state index contributed by atoms with van der Waals surface area (Å²) in [6.07, 6.45) is 13.2. The Bertz CT molecular complexity index is 640. The Labute approximate surface area is 182 Å². The summed E-state index contributed by atoms with van der Waals surface area (Å²) in [7, 11) is 0. The van der Waals surface area contributed by atoms with Crippen LogP contribution in [0.2, 0.25) is 0 Å². The van der Waals surface area contributed by atoms with Crippen LogP contribution in [0.25, 0.3) is 5.57 Å². The van der Waals surface area contributed by atoms with Gasteiger partial charge in [0.15, 0.2) is 0 Å². The molecule has 1 saturated carbocycles. The van der Waals surface area contributed by atoms with Gasteiger partial charge in [-0.1, -0.05) is 69.0 Å². The SMILES string of the molecule is CCCCCC(O)CC[C@H]1CC[C@H](O)[C@@H]1CCCCC=C(C(=O)O)c1ccccc1. The molecule has 168 valence electrons. The number of unbranched alkanes of at least 4 members (excludes halogenated alkanes) is 4. The zero-order chi connectivity index (χ0) is 21.8. The fraction of sp³-hybridized carbons (Fsp3) is 0.654. The molecule has 1 aliphatic rings. The van der Waals surface area contributed by atoms with E-state index in [1.807, 2.05) is 36.4 Å². The molecule has 1 aromatic rings. The molecule has 0 spiro atoms. The molecule has 0 heterocycles. The van der Waals surface area contributed by atoms with Crippen molar-refractivity contribution in [2.75, 3.05) is 0 Å². The van der Waals surface area contributed by atoms with Gasteiger partial charge in [-0.15, -0.1) is 0 Å². The molecule has 0 amide bonds. The van der Waals surface area contributed by atoms with E-state index in [0.717, 1.165) is 69.8 Å². The van der Waals surface area contributed by atoms with Crippen molar-refractivity contribution in [3.63, 3.8) is 0 Å². The predicted molar refractivity (Wildman–Crippen MR) is 122 cm³/mol. The predicted octanol–water partition coefficient (Wildman–Crippen LogP) is 5.82. The Morgan fingerprint density at radius 2 is 1.83 bits per heavy atom. The van der Waals surface area contributed by atoms with E-state index >= 15 is 0 Å². The number of carbonyl (C=O) groups is 1. The van der Waals surface area contributed by atoms with Gasteiger partial charge in [0.05, 0.1) is 17.8 Å². The second kappa shape index (κ2) is 13.6. The number of hydrogen-bond donors (Lipinski definition) is 3. The van der Waals surface area contributed by atoms with Gasteiger partial charge < -0.3 is 15.3 Å². The number of aliphatic hydroxyl groups excluding tert-OH is 2. The molecule has 4 nitrogen and oxygen atoms in total. The van der Waals surface area contributed by atoms with E-state index in [0.29, 0.717) is 17.4 Å². The van der Waals surface area contributed by atoms with E-state index in [1.54, 1.807) is 0 Å². The zero-order valence-corrected chi connectivity index (χ0v) is 18.5. The van der Waals surface area contributed by atoms with E-state index in [-0.39, 0.29) is 12.2 Å². The first kappa shape index (κ1) is 24.6. The van der Waals surface area contributed by atoms with Crippen molar-refractivity contribution in [3.8, 4) is 0 Å². The van der Waals surface area contributed by atoms with Gasteiger partial charge in [0.25, 0.3) is 0 Å². The number of rotatable bonds is 14. The normalized spacial score (nSPS) is 22.9. The molecule has 0 radical (unpaired) electrons. The van der Waals surface area contributed by atoms with Crippen molar-refractivity contribution < 1.29 is 20.1 Å². The van der Waals surface area contributed by atoms with Crippen LogP contribution in [0.1, 0.15) is 89.5 Å². The molecule has 0 bridgehead atoms. The molecule has 3 N–H and O–H groups in total. The molecular weight excluding hydrogens is 376 g/mol. The van der Waals surface area contributed by atoms with Gasteiger partial charge in [0, 0.05) is 0 Å². The second-order valence-electron chi connectivity index (χ2n) is 8.87. The Morgan fingerprint density at radius 1 is 1.07 bits per heavy atom. The van der Waals surface area contributed by atoms with E-state index in [2.05, 4.69) is 6.92 Å². The number of carboxylic acid groups (broad SMARTS) is 1. The highest BCUT2D eigenvalue weighted by molar-refractivity contribution is 6.15. The van der Waals surface area contributed by atoms with Crippen molar-refractivity contribution in [2.24, 2.45) is 11.8 Å². The highest BCUT2D eigenvalue weighted by atomic mass is 16.4. The van der Waals surface area contributed by atoms with Gasteiger partial charge in [0.2, 0.25) is 0 Å². The number of hydrogen-bond acceptors (Lipinski definition) is 3. The topological polar surface area (TPSA) is 77.8 Å². The molecular formula is C26H40O4. The van der Waals surface area contributed by atoms with Gasteiger partial charge in [-0.05, 0) is 68.8 Å². The second-order valence-corrected chi connectivity index (χ2v) is 8.87. The maximum Gasteiger partial charge on any atom is 0.335 e. The van der Waals surface area contributed by atoms with E-state index in [4.69, 9.17) is 0 Å². The lowest BCUT2D eigenvalue weighted by molar-refractivity contribution is -0.130. The highest BCUT2D eigenvalue weighted by Gasteiger charge is 2.34. The summed E-state index contributed by atoms with van der Waals surface area (Å²) in [5, 5.41) is 30.1. The standard InChI is InChI=1S/C26H40O4/c1-2-3-6-13-22(27)18-16-21-17-19-25(28)23(21)14-9-5-10-15-24(26(29)30)20-11-7-4-8-12-20/h4,7-8,11-12,15,21-23,25,27-28H,2-3,5-6,9-10,13-14,16-19H2,1H3,(H,29,30)/t21-,22?,23+,25-/m0/s1. The summed E-state index contributed by atoms with van der Waals surface area (Å²) in [6, 6.07) is 9.26. The van der Waals surface area contributed by atoms with Crippen LogP contribution in [0.3, 0.4) is 0 Å². The van der Waals surface area contributed by atoms with Crippen LogP contribution >= 0.6 is 0 Å². The monoisotopic (exact) mass is 416 g/mol. The van der Waals surface area contributed by atoms with Gasteiger partial charge in [-0.25, -0.2) is 4.79 Å². The van der Waals surface area contributed by atoms with Crippen LogP contribution in [0, 0.1) is 11.8 Å². The van der Waals surface area contributed by atoms with Gasteiger partial charge in [-0.2, -0.15) is 0 Å². The fourth-order valence-electron chi connectivity index (χ4n) is 4.81. The van der Waals surface area contributed by atoms with Crippen molar-refractivity contribution >= 4 is 11.5 Å². The summed E-state index contributed by atoms with van der Waals surface area (Å²) in [4.78, 5) is 11.5. The summed E-state index contributed by atoms with van der Waals surface area (Å²) < 4.78 is 0. The van der Waals surface area contributed by atoms with Crippen LogP contribution in [0.5, 0.6) is 0 Å². The summed E-state index contributed by atoms with van der Waals surface area (Å²) >= 11 is 0. The van der Waals surface area contributed by atoms with Crippen molar-refractivity contribution in [1.82, 2.24) is 0 Å². The van der Waals surface area contributed by atoms with E-state index < -0.39 is 5.97 Å². The Hall–Kier alpha value is -1.65. The third-order valence-electron chi connectivity index (χ3n) is 6.60. The van der Waals surface area contributed by atoms with Crippen LogP contribution in [-0.4, -0.2) is 33.5 Å². The minimum atomic E-state index is -0.884. The lowest BCUT2D eigenvalue weighted by Gasteiger charge is -2.23. The average Bonchev–Trinajstić information content (AvgIpc) is 3.09. The summed E-state index contributed by atoms with van der Waals surface area (Å²) in [5.74, 6) is -0.0508. The lowest BCUT2D eigenvalue weighted by atomic mass is 9.85. The molecule has 0 saturated heterocycles. The molecule has 2 rings (SSSR count). The van der Waals surface area contributed by atoms with Crippen LogP contribution in [-0.2, 0) is 4.79 Å². The van der Waals surface area contributed by atoms with Gasteiger partial charge >= 0.3 is 5.97 Å². The van der Waals surface area contributed by atoms with Crippen LogP contribution in [0.4, 0.5) is 0 Å². The van der Waals surface area contributed by atoms with Crippen molar-refractivity contribution in [3.05, 3.63) is 42.0 Å². The van der Waals surface area contributed by atoms with E-state index in [9.17, 15) is 20.1 Å². The molecule has 1 aromatic carbocycles. The number of aliphatic hydroxyl groups is 2. The first-order chi connectivity index (χ1) is 14.5. The first-order valence-electron chi connectivity index (χ1n) is 11.9. The quantitative estimate of drug-likeness (QED) is 0.264. The lowest BCUT2D eigenvalue weighted by Crippen LogP contribution is -2.20. The Morgan fingerprint density at radius 3 is 2.53 bits per heavy atom. The molecule has 0 aliphatic heterocycles. The third-order valence-corrected chi connectivity index (χ3v) is 6.60. The van der Waals surface area contributed by atoms with Crippen LogP contribution < -0.4 is 0 Å². The smallest absolute Gasteiger partial charge is 0.335 e. The van der Waals surface area contributed by atoms with E-state index in [1.165, 1.54) is 12.8 Å². The molecule has 1 aliphatic carbocycles. The molecule has 4 atom stereocenters. The average molecular weight is 417 g/mol. The Kier molecular flexibility index (Phi) is 11.2. The number of benzene rings is 1. The van der Waals surface area contributed by atoms with Gasteiger partial charge in [0.1, 0.15) is 0 Å². The Balaban J connectivity index is 1.74. The number of carboxylic acids is 1. The van der Waals surface area contributed by atoms with Crippen molar-refractivity contribution in [2.45, 2.75) is 96.2 Å². The minimum absolute atomic E-state index is 0.201. The fourth-order valence-corrected chi connectivity index (χ4v) is 4.81.